The fourth-order valence-electron chi connectivity index (χ4n) is 2.30. The molecule has 0 bridgehead atoms. The number of aliphatic hydroxyl groups excluding tert-OH is 1. The van der Waals surface area contributed by atoms with Crippen molar-refractivity contribution < 1.29 is 9.50 Å². The van der Waals surface area contributed by atoms with Crippen LogP contribution in [0.15, 0.2) is 60.7 Å². The molecule has 0 amide bonds. The number of nitrogens with one attached hydrogen (secondary N) is 2. The van der Waals surface area contributed by atoms with E-state index in [-0.39, 0.29) is 18.5 Å². The van der Waals surface area contributed by atoms with Gasteiger partial charge in [0.1, 0.15) is 11.6 Å². The summed E-state index contributed by atoms with van der Waals surface area (Å²) in [7, 11) is 0. The standard InChI is InChI=1S/C19H19FN4O/c1-13(12-25)21-19-23-17(14-7-3-2-4-8-14)11-18(24-19)22-16-10-6-5-9-15(16)20/h2-11,13,25H,12H2,1H3,(H2,21,22,23,24)/t13-/m1/s1. The quantitative estimate of drug-likeness (QED) is 0.637. The Morgan fingerprint density at radius 1 is 1.04 bits per heavy atom. The molecule has 6 heteroatoms. The number of nitrogens with zero attached hydrogens (tertiary/aromatic N) is 2. The van der Waals surface area contributed by atoms with Crippen LogP contribution in [-0.4, -0.2) is 27.7 Å². The summed E-state index contributed by atoms with van der Waals surface area (Å²) in [5, 5.41) is 15.3. The molecular formula is C19H19FN4O. The number of hydrogen-bond donors (Lipinski definition) is 3. The summed E-state index contributed by atoms with van der Waals surface area (Å²) in [6.07, 6.45) is 0. The molecule has 1 aromatic heterocycles. The molecule has 0 aliphatic heterocycles. The van der Waals surface area contributed by atoms with Crippen molar-refractivity contribution in [1.82, 2.24) is 9.97 Å². The highest BCUT2D eigenvalue weighted by Gasteiger charge is 2.10. The van der Waals surface area contributed by atoms with Crippen molar-refractivity contribution in [3.05, 3.63) is 66.5 Å². The predicted octanol–water partition coefficient (Wildman–Crippen LogP) is 3.82. The maximum atomic E-state index is 13.9. The minimum atomic E-state index is -0.361. The first-order valence-corrected chi connectivity index (χ1v) is 7.99. The second-order valence-electron chi connectivity index (χ2n) is 5.66. The van der Waals surface area contributed by atoms with Gasteiger partial charge in [-0.2, -0.15) is 4.98 Å². The molecule has 128 valence electrons. The summed E-state index contributed by atoms with van der Waals surface area (Å²) in [5.74, 6) is 0.467. The van der Waals surface area contributed by atoms with Gasteiger partial charge in [0.2, 0.25) is 5.95 Å². The van der Waals surface area contributed by atoms with E-state index >= 15 is 0 Å². The van der Waals surface area contributed by atoms with Gasteiger partial charge in [0.25, 0.3) is 0 Å². The number of aliphatic hydroxyl groups is 1. The smallest absolute Gasteiger partial charge is 0.225 e. The van der Waals surface area contributed by atoms with Gasteiger partial charge in [0, 0.05) is 17.7 Å². The van der Waals surface area contributed by atoms with E-state index in [1.54, 1.807) is 24.3 Å². The van der Waals surface area contributed by atoms with E-state index in [1.807, 2.05) is 37.3 Å². The molecule has 0 aliphatic carbocycles. The van der Waals surface area contributed by atoms with Crippen molar-refractivity contribution in [2.45, 2.75) is 13.0 Å². The zero-order chi connectivity index (χ0) is 17.6. The maximum Gasteiger partial charge on any atom is 0.225 e. The third-order valence-electron chi connectivity index (χ3n) is 3.58. The van der Waals surface area contributed by atoms with E-state index in [0.717, 1.165) is 5.56 Å². The molecule has 1 heterocycles. The number of benzene rings is 2. The molecule has 25 heavy (non-hydrogen) atoms. The predicted molar refractivity (Wildman–Crippen MR) is 97.3 cm³/mol. The first-order chi connectivity index (χ1) is 12.2. The van der Waals surface area contributed by atoms with E-state index in [0.29, 0.717) is 23.1 Å². The Labute approximate surface area is 145 Å². The van der Waals surface area contributed by atoms with Crippen LogP contribution in [-0.2, 0) is 0 Å². The fourth-order valence-corrected chi connectivity index (χ4v) is 2.30. The largest absolute Gasteiger partial charge is 0.394 e. The van der Waals surface area contributed by atoms with E-state index in [9.17, 15) is 9.50 Å². The molecule has 0 radical (unpaired) electrons. The lowest BCUT2D eigenvalue weighted by Crippen LogP contribution is -2.21. The van der Waals surface area contributed by atoms with Crippen molar-refractivity contribution >= 4 is 17.5 Å². The van der Waals surface area contributed by atoms with Crippen molar-refractivity contribution in [2.75, 3.05) is 17.2 Å². The second-order valence-corrected chi connectivity index (χ2v) is 5.66. The van der Waals surface area contributed by atoms with Crippen molar-refractivity contribution in [3.8, 4) is 11.3 Å². The summed E-state index contributed by atoms with van der Waals surface area (Å²) >= 11 is 0. The Morgan fingerprint density at radius 3 is 2.48 bits per heavy atom. The van der Waals surface area contributed by atoms with Gasteiger partial charge in [0.05, 0.1) is 18.0 Å². The molecule has 0 unspecified atom stereocenters. The summed E-state index contributed by atoms with van der Waals surface area (Å²) < 4.78 is 13.9. The van der Waals surface area contributed by atoms with Crippen LogP contribution >= 0.6 is 0 Å². The minimum Gasteiger partial charge on any atom is -0.394 e. The van der Waals surface area contributed by atoms with E-state index in [4.69, 9.17) is 0 Å². The summed E-state index contributed by atoms with van der Waals surface area (Å²) in [6.45, 7) is 1.78. The highest BCUT2D eigenvalue weighted by molar-refractivity contribution is 5.67. The monoisotopic (exact) mass is 338 g/mol. The third kappa shape index (κ3) is 4.30. The molecule has 0 spiro atoms. The van der Waals surface area contributed by atoms with Gasteiger partial charge >= 0.3 is 0 Å². The van der Waals surface area contributed by atoms with E-state index in [1.165, 1.54) is 6.07 Å². The average Bonchev–Trinajstić information content (AvgIpc) is 2.64. The van der Waals surface area contributed by atoms with E-state index in [2.05, 4.69) is 20.6 Å². The number of halogens is 1. The molecule has 3 N–H and O–H groups in total. The van der Waals surface area contributed by atoms with E-state index < -0.39 is 0 Å². The highest BCUT2D eigenvalue weighted by atomic mass is 19.1. The Hall–Kier alpha value is -2.99. The zero-order valence-electron chi connectivity index (χ0n) is 13.8. The minimum absolute atomic E-state index is 0.0466. The Morgan fingerprint density at radius 2 is 1.76 bits per heavy atom. The number of aromatic nitrogens is 2. The highest BCUT2D eigenvalue weighted by Crippen LogP contribution is 2.24. The van der Waals surface area contributed by atoms with Crippen LogP contribution in [0.25, 0.3) is 11.3 Å². The van der Waals surface area contributed by atoms with Crippen molar-refractivity contribution in [1.29, 1.82) is 0 Å². The first-order valence-electron chi connectivity index (χ1n) is 7.99. The van der Waals surface area contributed by atoms with Gasteiger partial charge in [-0.05, 0) is 19.1 Å². The SMILES string of the molecule is C[C@H](CO)Nc1nc(Nc2ccccc2F)cc(-c2ccccc2)n1. The first kappa shape index (κ1) is 16.9. The number of hydrogen-bond acceptors (Lipinski definition) is 5. The Balaban J connectivity index is 1.99. The lowest BCUT2D eigenvalue weighted by atomic mass is 10.1. The van der Waals surface area contributed by atoms with Gasteiger partial charge in [-0.15, -0.1) is 0 Å². The van der Waals surface area contributed by atoms with Crippen LogP contribution < -0.4 is 10.6 Å². The molecule has 0 saturated carbocycles. The molecule has 0 fully saturated rings. The van der Waals surface area contributed by atoms with Crippen LogP contribution in [0.3, 0.4) is 0 Å². The van der Waals surface area contributed by atoms with Crippen LogP contribution in [0.2, 0.25) is 0 Å². The van der Waals surface area contributed by atoms with Crippen molar-refractivity contribution in [3.63, 3.8) is 0 Å². The molecule has 2 aromatic carbocycles. The normalized spacial score (nSPS) is 11.8. The summed E-state index contributed by atoms with van der Waals surface area (Å²) in [6, 6.07) is 17.6. The molecule has 3 rings (SSSR count). The molecule has 1 atom stereocenters. The fraction of sp³-hybridized carbons (Fsp3) is 0.158. The molecular weight excluding hydrogens is 319 g/mol. The number of para-hydroxylation sites is 1. The zero-order valence-corrected chi connectivity index (χ0v) is 13.8. The molecule has 0 saturated heterocycles. The van der Waals surface area contributed by atoms with Gasteiger partial charge in [0.15, 0.2) is 0 Å². The third-order valence-corrected chi connectivity index (χ3v) is 3.58. The number of anilines is 3. The Bertz CT molecular complexity index is 842. The van der Waals surface area contributed by atoms with Crippen LogP contribution in [0.1, 0.15) is 6.92 Å². The topological polar surface area (TPSA) is 70.1 Å². The van der Waals surface area contributed by atoms with Crippen LogP contribution in [0.4, 0.5) is 21.8 Å². The van der Waals surface area contributed by atoms with Crippen LogP contribution in [0.5, 0.6) is 0 Å². The lowest BCUT2D eigenvalue weighted by Gasteiger charge is -2.14. The number of rotatable bonds is 6. The van der Waals surface area contributed by atoms with Gasteiger partial charge < -0.3 is 15.7 Å². The van der Waals surface area contributed by atoms with Crippen molar-refractivity contribution in [2.24, 2.45) is 0 Å². The second kappa shape index (κ2) is 7.72. The molecule has 0 aliphatic rings. The summed E-state index contributed by atoms with van der Waals surface area (Å²) in [5.41, 5.74) is 1.95. The maximum absolute atomic E-state index is 13.9. The van der Waals surface area contributed by atoms with Crippen LogP contribution in [0, 0.1) is 5.82 Å². The lowest BCUT2D eigenvalue weighted by molar-refractivity contribution is 0.281. The summed E-state index contributed by atoms with van der Waals surface area (Å²) in [4.78, 5) is 8.86. The Kier molecular flexibility index (Phi) is 5.20. The van der Waals surface area contributed by atoms with Gasteiger partial charge in [-0.3, -0.25) is 0 Å². The average molecular weight is 338 g/mol. The molecule has 3 aromatic rings. The van der Waals surface area contributed by atoms with Gasteiger partial charge in [-0.1, -0.05) is 42.5 Å². The van der Waals surface area contributed by atoms with Gasteiger partial charge in [-0.25, -0.2) is 9.37 Å². The molecule has 5 nitrogen and oxygen atoms in total.